The molecule has 1 unspecified atom stereocenters. The molecule has 0 aliphatic rings. The molecule has 0 amide bonds. The minimum Gasteiger partial charge on any atom is -0.469 e. The number of aryl methyl sites for hydroxylation is 2. The molecule has 0 saturated heterocycles. The van der Waals surface area contributed by atoms with Crippen molar-refractivity contribution in [2.24, 2.45) is 0 Å². The molecule has 0 fully saturated rings. The number of rotatable bonds is 6. The Labute approximate surface area is 113 Å². The first-order valence-electron chi connectivity index (χ1n) is 6.72. The van der Waals surface area contributed by atoms with Gasteiger partial charge in [0.15, 0.2) is 0 Å². The van der Waals surface area contributed by atoms with Gasteiger partial charge in [0, 0.05) is 12.5 Å². The van der Waals surface area contributed by atoms with E-state index in [1.807, 2.05) is 25.1 Å². The third kappa shape index (κ3) is 3.67. The summed E-state index contributed by atoms with van der Waals surface area (Å²) in [5, 5.41) is 3.46. The molecule has 3 heteroatoms. The Kier molecular flexibility index (Phi) is 4.74. The third-order valence-corrected chi connectivity index (χ3v) is 3.32. The first-order chi connectivity index (χ1) is 9.20. The lowest BCUT2D eigenvalue weighted by Gasteiger charge is -2.20. The number of nitrogens with one attached hydrogen (secondary N) is 1. The van der Waals surface area contributed by atoms with Crippen LogP contribution in [0, 0.1) is 12.7 Å². The van der Waals surface area contributed by atoms with E-state index in [4.69, 9.17) is 4.42 Å². The fourth-order valence-electron chi connectivity index (χ4n) is 2.39. The van der Waals surface area contributed by atoms with Gasteiger partial charge in [0.05, 0.1) is 6.26 Å². The first-order valence-corrected chi connectivity index (χ1v) is 6.72. The molecule has 19 heavy (non-hydrogen) atoms. The highest BCUT2D eigenvalue weighted by Crippen LogP contribution is 2.23. The molecule has 1 heterocycles. The Balaban J connectivity index is 2.10. The highest BCUT2D eigenvalue weighted by molar-refractivity contribution is 5.29. The Bertz CT molecular complexity index is 507. The molecule has 1 aromatic heterocycles. The molecule has 102 valence electrons. The summed E-state index contributed by atoms with van der Waals surface area (Å²) in [4.78, 5) is 0. The minimum absolute atomic E-state index is 0.178. The van der Waals surface area contributed by atoms with Crippen molar-refractivity contribution in [1.29, 1.82) is 0 Å². The Morgan fingerprint density at radius 1 is 1.32 bits per heavy atom. The maximum Gasteiger partial charge on any atom is 0.123 e. The van der Waals surface area contributed by atoms with Crippen LogP contribution in [0.1, 0.15) is 36.3 Å². The van der Waals surface area contributed by atoms with E-state index in [-0.39, 0.29) is 11.9 Å². The lowest BCUT2D eigenvalue weighted by molar-refractivity contribution is 0.457. The number of benzene rings is 1. The summed E-state index contributed by atoms with van der Waals surface area (Å²) in [5.74, 6) is 0.810. The fourth-order valence-corrected chi connectivity index (χ4v) is 2.39. The summed E-state index contributed by atoms with van der Waals surface area (Å²) in [6.45, 7) is 4.92. The van der Waals surface area contributed by atoms with Gasteiger partial charge >= 0.3 is 0 Å². The molecule has 0 aliphatic heterocycles. The van der Waals surface area contributed by atoms with Crippen LogP contribution < -0.4 is 5.32 Å². The zero-order valence-electron chi connectivity index (χ0n) is 11.4. The normalized spacial score (nSPS) is 12.6. The van der Waals surface area contributed by atoms with E-state index in [9.17, 15) is 4.39 Å². The van der Waals surface area contributed by atoms with Gasteiger partial charge in [0.2, 0.25) is 0 Å². The van der Waals surface area contributed by atoms with Gasteiger partial charge in [-0.1, -0.05) is 13.0 Å². The average Bonchev–Trinajstić information content (AvgIpc) is 2.88. The summed E-state index contributed by atoms with van der Waals surface area (Å²) < 4.78 is 18.5. The lowest BCUT2D eigenvalue weighted by Crippen LogP contribution is -2.22. The molecule has 2 rings (SSSR count). The van der Waals surface area contributed by atoms with Crippen molar-refractivity contribution in [3.05, 3.63) is 59.3 Å². The molecule has 0 saturated carbocycles. The smallest absolute Gasteiger partial charge is 0.123 e. The van der Waals surface area contributed by atoms with Crippen molar-refractivity contribution in [3.8, 4) is 0 Å². The summed E-state index contributed by atoms with van der Waals surface area (Å²) in [7, 11) is 0. The van der Waals surface area contributed by atoms with Crippen LogP contribution >= 0.6 is 0 Å². The Morgan fingerprint density at radius 2 is 2.16 bits per heavy atom. The van der Waals surface area contributed by atoms with Gasteiger partial charge in [-0.2, -0.15) is 0 Å². The van der Waals surface area contributed by atoms with E-state index < -0.39 is 0 Å². The molecular formula is C16H20FNO. The third-order valence-electron chi connectivity index (χ3n) is 3.32. The molecule has 0 radical (unpaired) electrons. The van der Waals surface area contributed by atoms with Crippen LogP contribution in [0.2, 0.25) is 0 Å². The van der Waals surface area contributed by atoms with E-state index >= 15 is 0 Å². The molecule has 1 aromatic carbocycles. The largest absolute Gasteiger partial charge is 0.469 e. The molecule has 1 atom stereocenters. The second-order valence-corrected chi connectivity index (χ2v) is 4.73. The molecule has 0 bridgehead atoms. The highest BCUT2D eigenvalue weighted by Gasteiger charge is 2.13. The average molecular weight is 261 g/mol. The summed E-state index contributed by atoms with van der Waals surface area (Å²) in [6, 6.07) is 9.11. The van der Waals surface area contributed by atoms with Crippen LogP contribution in [0.25, 0.3) is 0 Å². The van der Waals surface area contributed by atoms with Crippen molar-refractivity contribution in [2.45, 2.75) is 32.7 Å². The van der Waals surface area contributed by atoms with Gasteiger partial charge in [-0.05, 0) is 55.3 Å². The van der Waals surface area contributed by atoms with Crippen molar-refractivity contribution in [1.82, 2.24) is 5.32 Å². The highest BCUT2D eigenvalue weighted by atomic mass is 19.1. The van der Waals surface area contributed by atoms with Gasteiger partial charge in [-0.25, -0.2) is 4.39 Å². The van der Waals surface area contributed by atoms with Crippen molar-refractivity contribution < 1.29 is 8.81 Å². The Hall–Kier alpha value is -1.61. The van der Waals surface area contributed by atoms with Gasteiger partial charge in [-0.3, -0.25) is 0 Å². The van der Waals surface area contributed by atoms with Crippen LogP contribution in [0.5, 0.6) is 0 Å². The van der Waals surface area contributed by atoms with Gasteiger partial charge in [0.25, 0.3) is 0 Å². The second-order valence-electron chi connectivity index (χ2n) is 4.73. The lowest BCUT2D eigenvalue weighted by atomic mass is 9.97. The molecule has 2 aromatic rings. The van der Waals surface area contributed by atoms with Crippen LogP contribution in [0.3, 0.4) is 0 Å². The maximum atomic E-state index is 13.2. The van der Waals surface area contributed by atoms with Crippen LogP contribution in [-0.2, 0) is 6.42 Å². The van der Waals surface area contributed by atoms with Gasteiger partial charge in [-0.15, -0.1) is 0 Å². The summed E-state index contributed by atoms with van der Waals surface area (Å²) >= 11 is 0. The zero-order chi connectivity index (χ0) is 13.7. The zero-order valence-corrected chi connectivity index (χ0v) is 11.4. The second kappa shape index (κ2) is 6.53. The number of furan rings is 1. The molecule has 1 N–H and O–H groups in total. The number of halogens is 1. The SMILES string of the molecule is CCNC(CCc1ccco1)c1ccc(F)cc1C. The van der Waals surface area contributed by atoms with Gasteiger partial charge < -0.3 is 9.73 Å². The molecule has 2 nitrogen and oxygen atoms in total. The van der Waals surface area contributed by atoms with Crippen LogP contribution in [0.15, 0.2) is 41.0 Å². The maximum absolute atomic E-state index is 13.2. The standard InChI is InChI=1S/C16H20FNO/c1-3-18-16(9-7-14-5-4-10-19-14)15-8-6-13(17)11-12(15)2/h4-6,8,10-11,16,18H,3,7,9H2,1-2H3. The topological polar surface area (TPSA) is 25.2 Å². The van der Waals surface area contributed by atoms with Crippen molar-refractivity contribution in [3.63, 3.8) is 0 Å². The molecule has 0 aliphatic carbocycles. The Morgan fingerprint density at radius 3 is 2.79 bits per heavy atom. The quantitative estimate of drug-likeness (QED) is 0.850. The van der Waals surface area contributed by atoms with E-state index in [1.165, 1.54) is 6.07 Å². The van der Waals surface area contributed by atoms with Crippen molar-refractivity contribution >= 4 is 0 Å². The van der Waals surface area contributed by atoms with Crippen LogP contribution in [-0.4, -0.2) is 6.54 Å². The van der Waals surface area contributed by atoms with Crippen molar-refractivity contribution in [2.75, 3.05) is 6.54 Å². The van der Waals surface area contributed by atoms with E-state index in [0.29, 0.717) is 0 Å². The molecular weight excluding hydrogens is 241 g/mol. The predicted molar refractivity (Wildman–Crippen MR) is 74.6 cm³/mol. The molecule has 0 spiro atoms. The van der Waals surface area contributed by atoms with E-state index in [1.54, 1.807) is 12.3 Å². The summed E-state index contributed by atoms with van der Waals surface area (Å²) in [6.07, 6.45) is 3.51. The minimum atomic E-state index is -0.178. The van der Waals surface area contributed by atoms with Crippen LogP contribution in [0.4, 0.5) is 4.39 Å². The predicted octanol–water partition coefficient (Wildman–Crippen LogP) is 4.01. The van der Waals surface area contributed by atoms with Gasteiger partial charge in [0.1, 0.15) is 11.6 Å². The van der Waals surface area contributed by atoms with E-state index in [2.05, 4.69) is 12.2 Å². The number of hydrogen-bond acceptors (Lipinski definition) is 2. The fraction of sp³-hybridized carbons (Fsp3) is 0.375. The summed E-state index contributed by atoms with van der Waals surface area (Å²) in [5.41, 5.74) is 2.15. The monoisotopic (exact) mass is 261 g/mol. The van der Waals surface area contributed by atoms with E-state index in [0.717, 1.165) is 36.3 Å². The first kappa shape index (κ1) is 13.8. The number of hydrogen-bond donors (Lipinski definition) is 1.